The maximum absolute atomic E-state index is 13.2. The van der Waals surface area contributed by atoms with Gasteiger partial charge in [0, 0.05) is 11.6 Å². The third-order valence-electron chi connectivity index (χ3n) is 5.56. The number of carbonyl (C=O) groups excluding carboxylic acids is 1. The van der Waals surface area contributed by atoms with Crippen molar-refractivity contribution in [1.29, 1.82) is 0 Å². The van der Waals surface area contributed by atoms with Crippen LogP contribution in [0.2, 0.25) is 5.02 Å². The van der Waals surface area contributed by atoms with Crippen molar-refractivity contribution >= 4 is 17.5 Å². The fraction of sp³-hybridized carbons (Fsp3) is 0.526. The lowest BCUT2D eigenvalue weighted by Crippen LogP contribution is -2.32. The van der Waals surface area contributed by atoms with E-state index in [0.29, 0.717) is 16.8 Å². The molecule has 2 aliphatic rings. The van der Waals surface area contributed by atoms with E-state index in [1.54, 1.807) is 0 Å². The van der Waals surface area contributed by atoms with Crippen LogP contribution in [-0.2, 0) is 0 Å². The maximum Gasteiger partial charge on any atom is 0.276 e. The summed E-state index contributed by atoms with van der Waals surface area (Å²) in [6.45, 7) is 4.64. The zero-order chi connectivity index (χ0) is 18.1. The fourth-order valence-corrected chi connectivity index (χ4v) is 4.41. The predicted octanol–water partition coefficient (Wildman–Crippen LogP) is 3.14. The molecule has 0 aliphatic carbocycles. The highest BCUT2D eigenvalue weighted by atomic mass is 35.5. The number of benzene rings is 1. The Bertz CT molecular complexity index is 799. The van der Waals surface area contributed by atoms with Crippen molar-refractivity contribution in [3.05, 3.63) is 46.2 Å². The van der Waals surface area contributed by atoms with Crippen molar-refractivity contribution < 1.29 is 4.79 Å². The van der Waals surface area contributed by atoms with Gasteiger partial charge in [-0.1, -0.05) is 35.0 Å². The second-order valence-corrected chi connectivity index (χ2v) is 7.53. The Morgan fingerprint density at radius 1 is 1.23 bits per heavy atom. The number of nitrogens with zero attached hydrogens (tertiary/aromatic N) is 4. The van der Waals surface area contributed by atoms with Gasteiger partial charge in [0.1, 0.15) is 0 Å². The largest absolute Gasteiger partial charge is 0.330 e. The molecule has 26 heavy (non-hydrogen) atoms. The van der Waals surface area contributed by atoms with Crippen molar-refractivity contribution in [1.82, 2.24) is 25.2 Å². The Labute approximate surface area is 158 Å². The molecule has 7 heteroatoms. The lowest BCUT2D eigenvalue weighted by molar-refractivity contribution is 0.0729. The third kappa shape index (κ3) is 3.12. The first-order chi connectivity index (χ1) is 12.7. The van der Waals surface area contributed by atoms with Crippen LogP contribution in [0.25, 0.3) is 0 Å². The van der Waals surface area contributed by atoms with E-state index in [9.17, 15) is 4.79 Å². The van der Waals surface area contributed by atoms with Gasteiger partial charge in [0.05, 0.1) is 17.8 Å². The number of likely N-dealkylation sites (tertiary alicyclic amines) is 1. The fourth-order valence-electron chi connectivity index (χ4n) is 4.15. The number of carbonyl (C=O) groups is 1. The van der Waals surface area contributed by atoms with Crippen LogP contribution in [0, 0.1) is 6.92 Å². The highest BCUT2D eigenvalue weighted by Crippen LogP contribution is 2.36. The van der Waals surface area contributed by atoms with Gasteiger partial charge in [0.15, 0.2) is 5.69 Å². The number of rotatable bonds is 3. The first-order valence-corrected chi connectivity index (χ1v) is 9.72. The Morgan fingerprint density at radius 3 is 2.77 bits per heavy atom. The van der Waals surface area contributed by atoms with Gasteiger partial charge >= 0.3 is 0 Å². The molecule has 0 radical (unpaired) electrons. The molecule has 0 saturated carbocycles. The smallest absolute Gasteiger partial charge is 0.276 e. The molecule has 1 amide bonds. The molecule has 0 spiro atoms. The van der Waals surface area contributed by atoms with Crippen molar-refractivity contribution in [3.63, 3.8) is 0 Å². The van der Waals surface area contributed by atoms with Gasteiger partial charge < -0.3 is 10.2 Å². The van der Waals surface area contributed by atoms with E-state index < -0.39 is 0 Å². The van der Waals surface area contributed by atoms with E-state index in [0.717, 1.165) is 56.6 Å². The molecule has 2 saturated heterocycles. The van der Waals surface area contributed by atoms with Gasteiger partial charge in [-0.15, -0.1) is 5.10 Å². The summed E-state index contributed by atoms with van der Waals surface area (Å²) in [5.74, 6) is -0.0369. The lowest BCUT2D eigenvalue weighted by atomic mass is 10.0. The number of hydrogen-bond donors (Lipinski definition) is 1. The van der Waals surface area contributed by atoms with Crippen molar-refractivity contribution in [2.24, 2.45) is 0 Å². The Hall–Kier alpha value is -1.92. The van der Waals surface area contributed by atoms with Crippen LogP contribution in [0.4, 0.5) is 0 Å². The molecule has 1 aromatic heterocycles. The van der Waals surface area contributed by atoms with Crippen molar-refractivity contribution in [2.75, 3.05) is 19.6 Å². The molecule has 6 nitrogen and oxygen atoms in total. The second kappa shape index (κ2) is 7.37. The molecule has 0 bridgehead atoms. The van der Waals surface area contributed by atoms with E-state index in [1.807, 2.05) is 40.8 Å². The van der Waals surface area contributed by atoms with Crippen LogP contribution in [0.3, 0.4) is 0 Å². The van der Waals surface area contributed by atoms with Crippen molar-refractivity contribution in [3.8, 4) is 0 Å². The molecule has 1 atom stereocenters. The topological polar surface area (TPSA) is 63.1 Å². The van der Waals surface area contributed by atoms with Crippen LogP contribution in [-0.4, -0.2) is 45.4 Å². The van der Waals surface area contributed by atoms with E-state index in [2.05, 4.69) is 15.6 Å². The summed E-state index contributed by atoms with van der Waals surface area (Å²) < 4.78 is 1.94. The Balaban J connectivity index is 1.59. The Morgan fingerprint density at radius 2 is 2.00 bits per heavy atom. The highest BCUT2D eigenvalue weighted by molar-refractivity contribution is 6.31. The lowest BCUT2D eigenvalue weighted by Gasteiger charge is -2.26. The van der Waals surface area contributed by atoms with Gasteiger partial charge in [-0.3, -0.25) is 4.79 Å². The molecule has 138 valence electrons. The van der Waals surface area contributed by atoms with E-state index >= 15 is 0 Å². The predicted molar refractivity (Wildman–Crippen MR) is 100 cm³/mol. The normalized spacial score (nSPS) is 21.3. The van der Waals surface area contributed by atoms with Gasteiger partial charge in [-0.2, -0.15) is 0 Å². The summed E-state index contributed by atoms with van der Waals surface area (Å²) >= 11 is 6.38. The van der Waals surface area contributed by atoms with Crippen LogP contribution >= 0.6 is 11.6 Å². The number of hydrogen-bond acceptors (Lipinski definition) is 4. The summed E-state index contributed by atoms with van der Waals surface area (Å²) in [7, 11) is 0. The quantitative estimate of drug-likeness (QED) is 0.897. The molecule has 2 aliphatic heterocycles. The zero-order valence-corrected chi connectivity index (χ0v) is 15.7. The standard InChI is InChI=1S/C19H24ClN5O/c1-13-18(22-23-25(13)14-8-10-21-11-9-14)19(26)24-12-4-7-17(24)15-5-2-3-6-16(15)20/h2-3,5-6,14,17,21H,4,7-12H2,1H3. The molecule has 1 unspecified atom stereocenters. The molecule has 3 heterocycles. The van der Waals surface area contributed by atoms with Gasteiger partial charge in [0.2, 0.25) is 0 Å². The van der Waals surface area contributed by atoms with Crippen molar-refractivity contribution in [2.45, 2.75) is 44.7 Å². The number of aromatic nitrogens is 3. The van der Waals surface area contributed by atoms with Crippen LogP contribution in [0.5, 0.6) is 0 Å². The summed E-state index contributed by atoms with van der Waals surface area (Å²) in [5.41, 5.74) is 2.36. The number of amides is 1. The van der Waals surface area contributed by atoms with Gasteiger partial charge in [-0.25, -0.2) is 4.68 Å². The van der Waals surface area contributed by atoms with E-state index in [-0.39, 0.29) is 11.9 Å². The Kier molecular flexibility index (Phi) is 4.96. The van der Waals surface area contributed by atoms with Crippen LogP contribution in [0.1, 0.15) is 59.5 Å². The molecular weight excluding hydrogens is 350 g/mol. The second-order valence-electron chi connectivity index (χ2n) is 7.13. The minimum atomic E-state index is -0.0369. The highest BCUT2D eigenvalue weighted by Gasteiger charge is 2.34. The average molecular weight is 374 g/mol. The van der Waals surface area contributed by atoms with E-state index in [4.69, 9.17) is 11.6 Å². The monoisotopic (exact) mass is 373 g/mol. The summed E-state index contributed by atoms with van der Waals surface area (Å²) in [6, 6.07) is 8.12. The zero-order valence-electron chi connectivity index (χ0n) is 15.0. The average Bonchev–Trinajstić information content (AvgIpc) is 3.29. The minimum absolute atomic E-state index is 0.0135. The molecule has 1 aromatic carbocycles. The van der Waals surface area contributed by atoms with Gasteiger partial charge in [0.25, 0.3) is 5.91 Å². The molecule has 2 fully saturated rings. The van der Waals surface area contributed by atoms with E-state index in [1.165, 1.54) is 0 Å². The molecule has 4 rings (SSSR count). The number of halogens is 1. The molecular formula is C19H24ClN5O. The number of piperidine rings is 1. The summed E-state index contributed by atoms with van der Waals surface area (Å²) in [4.78, 5) is 15.1. The van der Waals surface area contributed by atoms with Crippen LogP contribution < -0.4 is 5.32 Å². The van der Waals surface area contributed by atoms with Crippen LogP contribution in [0.15, 0.2) is 24.3 Å². The molecule has 1 N–H and O–H groups in total. The van der Waals surface area contributed by atoms with Gasteiger partial charge in [-0.05, 0) is 57.3 Å². The SMILES string of the molecule is Cc1c(C(=O)N2CCCC2c2ccccc2Cl)nnn1C1CCNCC1. The maximum atomic E-state index is 13.2. The first-order valence-electron chi connectivity index (χ1n) is 9.34. The third-order valence-corrected chi connectivity index (χ3v) is 5.91. The summed E-state index contributed by atoms with van der Waals surface area (Å²) in [6.07, 6.45) is 3.94. The molecule has 2 aromatic rings. The minimum Gasteiger partial charge on any atom is -0.330 e. The number of nitrogens with one attached hydrogen (secondary N) is 1. The first kappa shape index (κ1) is 17.5. The summed E-state index contributed by atoms with van der Waals surface area (Å²) in [5, 5.41) is 12.6.